The van der Waals surface area contributed by atoms with Gasteiger partial charge in [-0.2, -0.15) is 0 Å². The number of hydrogen-bond acceptors (Lipinski definition) is 4. The average Bonchev–Trinajstić information content (AvgIpc) is 2.42. The van der Waals surface area contributed by atoms with Crippen LogP contribution in [0.1, 0.15) is 17.0 Å². The Bertz CT molecular complexity index is 306. The first-order chi connectivity index (χ1) is 6.16. The Labute approximate surface area is 82.6 Å². The van der Waals surface area contributed by atoms with Crippen LogP contribution in [0.3, 0.4) is 0 Å². The summed E-state index contributed by atoms with van der Waals surface area (Å²) in [5.74, 6) is 0. The molecule has 1 atom stereocenters. The highest BCUT2D eigenvalue weighted by molar-refractivity contribution is 7.15. The van der Waals surface area contributed by atoms with Gasteiger partial charge in [-0.3, -0.25) is 0 Å². The number of nitrogens with zero attached hydrogens (tertiary/aromatic N) is 2. The molecular formula is C9H15N3S. The molecule has 72 valence electrons. The Morgan fingerprint density at radius 2 is 2.31 bits per heavy atom. The SMILES string of the molecule is CN(C)[C@H]1CCc2nc(N)sc2C1. The van der Waals surface area contributed by atoms with Crippen LogP contribution < -0.4 is 5.73 Å². The highest BCUT2D eigenvalue weighted by Gasteiger charge is 2.22. The molecule has 1 aromatic heterocycles. The zero-order valence-corrected chi connectivity index (χ0v) is 8.90. The van der Waals surface area contributed by atoms with Gasteiger partial charge < -0.3 is 10.6 Å². The lowest BCUT2D eigenvalue weighted by Gasteiger charge is -2.27. The quantitative estimate of drug-likeness (QED) is 0.734. The lowest BCUT2D eigenvalue weighted by Crippen LogP contribution is -2.32. The summed E-state index contributed by atoms with van der Waals surface area (Å²) in [6.07, 6.45) is 3.42. The maximum absolute atomic E-state index is 5.67. The molecule has 2 rings (SSSR count). The number of thiazole rings is 1. The predicted octanol–water partition coefficient (Wildman–Crippen LogP) is 1.14. The first kappa shape index (κ1) is 8.97. The number of aryl methyl sites for hydroxylation is 1. The van der Waals surface area contributed by atoms with E-state index in [-0.39, 0.29) is 0 Å². The van der Waals surface area contributed by atoms with Crippen LogP contribution in [0.5, 0.6) is 0 Å². The highest BCUT2D eigenvalue weighted by Crippen LogP contribution is 2.29. The van der Waals surface area contributed by atoms with Crippen LogP contribution >= 0.6 is 11.3 Å². The van der Waals surface area contributed by atoms with Crippen molar-refractivity contribution in [2.24, 2.45) is 0 Å². The number of aromatic nitrogens is 1. The molecule has 0 aromatic carbocycles. The molecule has 1 heterocycles. The summed E-state index contributed by atoms with van der Waals surface area (Å²) in [7, 11) is 4.28. The molecule has 0 aliphatic heterocycles. The largest absolute Gasteiger partial charge is 0.375 e. The monoisotopic (exact) mass is 197 g/mol. The Hall–Kier alpha value is -0.610. The van der Waals surface area contributed by atoms with Crippen molar-refractivity contribution < 1.29 is 0 Å². The molecule has 0 bridgehead atoms. The maximum atomic E-state index is 5.67. The van der Waals surface area contributed by atoms with Gasteiger partial charge in [0, 0.05) is 10.9 Å². The topological polar surface area (TPSA) is 42.2 Å². The van der Waals surface area contributed by atoms with Gasteiger partial charge in [0.2, 0.25) is 0 Å². The fraction of sp³-hybridized carbons (Fsp3) is 0.667. The second-order valence-electron chi connectivity index (χ2n) is 3.78. The Kier molecular flexibility index (Phi) is 2.26. The molecule has 4 heteroatoms. The number of hydrogen-bond donors (Lipinski definition) is 1. The van der Waals surface area contributed by atoms with Crippen molar-refractivity contribution in [3.05, 3.63) is 10.6 Å². The number of anilines is 1. The van der Waals surface area contributed by atoms with Gasteiger partial charge >= 0.3 is 0 Å². The van der Waals surface area contributed by atoms with Crippen molar-refractivity contribution in [3.63, 3.8) is 0 Å². The van der Waals surface area contributed by atoms with Crippen molar-refractivity contribution in [1.82, 2.24) is 9.88 Å². The molecule has 0 saturated heterocycles. The van der Waals surface area contributed by atoms with E-state index in [1.807, 2.05) is 0 Å². The molecular weight excluding hydrogens is 182 g/mol. The smallest absolute Gasteiger partial charge is 0.180 e. The summed E-state index contributed by atoms with van der Waals surface area (Å²) < 4.78 is 0. The Balaban J connectivity index is 2.19. The third-order valence-electron chi connectivity index (χ3n) is 2.66. The summed E-state index contributed by atoms with van der Waals surface area (Å²) in [5.41, 5.74) is 6.91. The first-order valence-electron chi connectivity index (χ1n) is 4.57. The van der Waals surface area contributed by atoms with Gasteiger partial charge in [-0.1, -0.05) is 0 Å². The van der Waals surface area contributed by atoms with E-state index in [1.165, 1.54) is 17.0 Å². The summed E-state index contributed by atoms with van der Waals surface area (Å²) >= 11 is 1.65. The van der Waals surface area contributed by atoms with E-state index in [2.05, 4.69) is 24.0 Å². The fourth-order valence-corrected chi connectivity index (χ4v) is 2.77. The second-order valence-corrected chi connectivity index (χ2v) is 4.90. The standard InChI is InChI=1S/C9H15N3S/c1-12(2)6-3-4-7-8(5-6)13-9(10)11-7/h6H,3-5H2,1-2H3,(H2,10,11)/t6-/m0/s1. The number of likely N-dealkylation sites (N-methyl/N-ethyl adjacent to an activating group) is 1. The van der Waals surface area contributed by atoms with Crippen molar-refractivity contribution in [2.75, 3.05) is 19.8 Å². The maximum Gasteiger partial charge on any atom is 0.180 e. The third kappa shape index (κ3) is 1.69. The zero-order valence-electron chi connectivity index (χ0n) is 8.08. The molecule has 0 radical (unpaired) electrons. The lowest BCUT2D eigenvalue weighted by molar-refractivity contribution is 0.269. The average molecular weight is 197 g/mol. The molecule has 3 nitrogen and oxygen atoms in total. The van der Waals surface area contributed by atoms with Crippen LogP contribution in [0, 0.1) is 0 Å². The van der Waals surface area contributed by atoms with Gasteiger partial charge in [-0.15, -0.1) is 11.3 Å². The summed E-state index contributed by atoms with van der Waals surface area (Å²) in [5, 5.41) is 0.726. The van der Waals surface area contributed by atoms with Crippen LogP contribution in [0.25, 0.3) is 0 Å². The third-order valence-corrected chi connectivity index (χ3v) is 3.61. The summed E-state index contributed by atoms with van der Waals surface area (Å²) in [6, 6.07) is 0.673. The second kappa shape index (κ2) is 3.27. The van der Waals surface area contributed by atoms with Gasteiger partial charge in [0.15, 0.2) is 5.13 Å². The normalized spacial score (nSPS) is 21.9. The molecule has 0 amide bonds. The molecule has 0 spiro atoms. The predicted molar refractivity (Wildman–Crippen MR) is 56.0 cm³/mol. The van der Waals surface area contributed by atoms with Crippen molar-refractivity contribution in [1.29, 1.82) is 0 Å². The minimum Gasteiger partial charge on any atom is -0.375 e. The van der Waals surface area contributed by atoms with E-state index in [0.29, 0.717) is 6.04 Å². The molecule has 1 aromatic rings. The zero-order chi connectivity index (χ0) is 9.42. The molecule has 1 aliphatic rings. The van der Waals surface area contributed by atoms with Gasteiger partial charge in [0.25, 0.3) is 0 Å². The van der Waals surface area contributed by atoms with Gasteiger partial charge in [-0.25, -0.2) is 4.98 Å². The number of rotatable bonds is 1. The molecule has 0 fully saturated rings. The molecule has 0 unspecified atom stereocenters. The number of fused-ring (bicyclic) bond motifs is 1. The van der Waals surface area contributed by atoms with Crippen molar-refractivity contribution >= 4 is 16.5 Å². The first-order valence-corrected chi connectivity index (χ1v) is 5.39. The number of nitrogen functional groups attached to an aromatic ring is 1. The van der Waals surface area contributed by atoms with Gasteiger partial charge in [-0.05, 0) is 33.4 Å². The minimum absolute atomic E-state index is 0.673. The van der Waals surface area contributed by atoms with E-state index < -0.39 is 0 Å². The summed E-state index contributed by atoms with van der Waals surface area (Å²) in [4.78, 5) is 8.00. The highest BCUT2D eigenvalue weighted by atomic mass is 32.1. The molecule has 2 N–H and O–H groups in total. The van der Waals surface area contributed by atoms with Crippen LogP contribution in [-0.4, -0.2) is 30.0 Å². The van der Waals surface area contributed by atoms with E-state index in [1.54, 1.807) is 11.3 Å². The minimum atomic E-state index is 0.673. The van der Waals surface area contributed by atoms with E-state index in [4.69, 9.17) is 5.73 Å². The Morgan fingerprint density at radius 1 is 1.54 bits per heavy atom. The van der Waals surface area contributed by atoms with Crippen LogP contribution in [0.4, 0.5) is 5.13 Å². The molecule has 13 heavy (non-hydrogen) atoms. The Morgan fingerprint density at radius 3 is 3.00 bits per heavy atom. The van der Waals surface area contributed by atoms with E-state index >= 15 is 0 Å². The van der Waals surface area contributed by atoms with Crippen LogP contribution in [0.15, 0.2) is 0 Å². The lowest BCUT2D eigenvalue weighted by atomic mass is 9.97. The fourth-order valence-electron chi connectivity index (χ4n) is 1.82. The van der Waals surface area contributed by atoms with E-state index in [9.17, 15) is 0 Å². The van der Waals surface area contributed by atoms with Crippen LogP contribution in [0.2, 0.25) is 0 Å². The van der Waals surface area contributed by atoms with Crippen molar-refractivity contribution in [3.8, 4) is 0 Å². The van der Waals surface area contributed by atoms with Crippen LogP contribution in [-0.2, 0) is 12.8 Å². The van der Waals surface area contributed by atoms with E-state index in [0.717, 1.165) is 18.0 Å². The molecule has 0 saturated carbocycles. The summed E-state index contributed by atoms with van der Waals surface area (Å²) in [6.45, 7) is 0. The van der Waals surface area contributed by atoms with Gasteiger partial charge in [0.1, 0.15) is 0 Å². The van der Waals surface area contributed by atoms with Crippen molar-refractivity contribution in [2.45, 2.75) is 25.3 Å². The number of nitrogens with two attached hydrogens (primary N) is 1. The molecule has 1 aliphatic carbocycles. The van der Waals surface area contributed by atoms with Gasteiger partial charge in [0.05, 0.1) is 5.69 Å².